The number of hydrogen-bond acceptors (Lipinski definition) is 2. The van der Waals surface area contributed by atoms with Crippen LogP contribution in [0.3, 0.4) is 0 Å². The summed E-state index contributed by atoms with van der Waals surface area (Å²) in [6, 6.07) is 0.467. The molecule has 2 heterocycles. The van der Waals surface area contributed by atoms with Crippen LogP contribution in [0.15, 0.2) is 4.99 Å². The number of nitrogens with zero attached hydrogens (tertiary/aromatic N) is 1. The number of guanidine groups is 1. The normalized spacial score (nSPS) is 33.9. The summed E-state index contributed by atoms with van der Waals surface area (Å²) in [5, 5.41) is 7.00. The van der Waals surface area contributed by atoms with Gasteiger partial charge in [-0.25, -0.2) is 0 Å². The predicted molar refractivity (Wildman–Crippen MR) is 82.0 cm³/mol. The Balaban J connectivity index is 1.33. The van der Waals surface area contributed by atoms with Crippen LogP contribution in [0.2, 0.25) is 0 Å². The number of nitrogens with one attached hydrogen (secondary N) is 2. The fraction of sp³-hybridized carbons (Fsp3) is 0.938. The summed E-state index contributed by atoms with van der Waals surface area (Å²) in [5.41, 5.74) is 0. The van der Waals surface area contributed by atoms with Crippen LogP contribution in [-0.2, 0) is 4.74 Å². The Morgan fingerprint density at radius 2 is 2.05 bits per heavy atom. The fourth-order valence-electron chi connectivity index (χ4n) is 4.06. The molecular formula is C16H29N3O. The molecule has 1 aliphatic carbocycles. The largest absolute Gasteiger partial charge is 0.373 e. The molecule has 3 aliphatic rings. The van der Waals surface area contributed by atoms with E-state index in [0.29, 0.717) is 18.2 Å². The summed E-state index contributed by atoms with van der Waals surface area (Å²) in [7, 11) is 1.86. The average molecular weight is 279 g/mol. The van der Waals surface area contributed by atoms with Gasteiger partial charge in [-0.2, -0.15) is 0 Å². The minimum atomic E-state index is 0.414. The van der Waals surface area contributed by atoms with Gasteiger partial charge in [-0.05, 0) is 38.0 Å². The molecule has 2 saturated heterocycles. The SMILES string of the molecule is CN=C(NCCCC1CCCC1)NC1CC2CCC1O2. The molecule has 3 fully saturated rings. The quantitative estimate of drug-likeness (QED) is 0.461. The molecule has 3 rings (SSSR count). The first-order valence-corrected chi connectivity index (χ1v) is 8.48. The Morgan fingerprint density at radius 3 is 2.70 bits per heavy atom. The maximum absolute atomic E-state index is 5.88. The third-order valence-corrected chi connectivity index (χ3v) is 5.21. The highest BCUT2D eigenvalue weighted by Gasteiger charge is 2.41. The van der Waals surface area contributed by atoms with Crippen molar-refractivity contribution in [2.75, 3.05) is 13.6 Å². The lowest BCUT2D eigenvalue weighted by Gasteiger charge is -2.22. The molecule has 0 aromatic carbocycles. The van der Waals surface area contributed by atoms with E-state index in [1.54, 1.807) is 0 Å². The van der Waals surface area contributed by atoms with Crippen LogP contribution in [0.4, 0.5) is 0 Å². The Bertz CT molecular complexity index is 339. The van der Waals surface area contributed by atoms with Gasteiger partial charge in [-0.1, -0.05) is 25.7 Å². The van der Waals surface area contributed by atoms with E-state index in [2.05, 4.69) is 15.6 Å². The molecule has 114 valence electrons. The molecule has 2 N–H and O–H groups in total. The number of ether oxygens (including phenoxy) is 1. The van der Waals surface area contributed by atoms with Crippen LogP contribution in [0.1, 0.15) is 57.8 Å². The second-order valence-corrected chi connectivity index (χ2v) is 6.65. The van der Waals surface area contributed by atoms with Crippen molar-refractivity contribution in [3.05, 3.63) is 0 Å². The van der Waals surface area contributed by atoms with Gasteiger partial charge in [0.2, 0.25) is 0 Å². The summed E-state index contributed by atoms with van der Waals surface area (Å²) in [6.07, 6.45) is 13.0. The lowest BCUT2D eigenvalue weighted by atomic mass is 9.96. The topological polar surface area (TPSA) is 45.7 Å². The van der Waals surface area contributed by atoms with Crippen molar-refractivity contribution in [3.63, 3.8) is 0 Å². The molecule has 2 aliphatic heterocycles. The van der Waals surface area contributed by atoms with Gasteiger partial charge < -0.3 is 15.4 Å². The standard InChI is InChI=1S/C16H29N3O/c1-17-16(18-10-4-7-12-5-2-3-6-12)19-14-11-13-8-9-15(14)20-13/h12-15H,2-11H2,1H3,(H2,17,18,19). The first-order chi connectivity index (χ1) is 9.85. The van der Waals surface area contributed by atoms with Gasteiger partial charge in [0.15, 0.2) is 5.96 Å². The average Bonchev–Trinajstić information content (AvgIpc) is 3.19. The molecule has 0 spiro atoms. The lowest BCUT2D eigenvalue weighted by Crippen LogP contribution is -2.47. The number of rotatable bonds is 5. The van der Waals surface area contributed by atoms with Gasteiger partial charge in [0.1, 0.15) is 0 Å². The van der Waals surface area contributed by atoms with Crippen LogP contribution in [-0.4, -0.2) is 37.8 Å². The fourth-order valence-corrected chi connectivity index (χ4v) is 4.06. The zero-order valence-corrected chi connectivity index (χ0v) is 12.7. The smallest absolute Gasteiger partial charge is 0.191 e. The molecule has 3 unspecified atom stereocenters. The van der Waals surface area contributed by atoms with E-state index in [-0.39, 0.29) is 0 Å². The van der Waals surface area contributed by atoms with Gasteiger partial charge in [-0.3, -0.25) is 4.99 Å². The van der Waals surface area contributed by atoms with Gasteiger partial charge in [-0.15, -0.1) is 0 Å². The van der Waals surface area contributed by atoms with Crippen LogP contribution in [0.5, 0.6) is 0 Å². The molecule has 2 bridgehead atoms. The van der Waals surface area contributed by atoms with Crippen molar-refractivity contribution in [1.82, 2.24) is 10.6 Å². The highest BCUT2D eigenvalue weighted by Crippen LogP contribution is 2.34. The van der Waals surface area contributed by atoms with Crippen molar-refractivity contribution < 1.29 is 4.74 Å². The molecule has 0 radical (unpaired) electrons. The van der Waals surface area contributed by atoms with E-state index < -0.39 is 0 Å². The van der Waals surface area contributed by atoms with E-state index in [1.807, 2.05) is 7.05 Å². The maximum Gasteiger partial charge on any atom is 0.191 e. The molecule has 0 aromatic rings. The van der Waals surface area contributed by atoms with E-state index in [0.717, 1.165) is 24.8 Å². The first kappa shape index (κ1) is 14.2. The summed E-state index contributed by atoms with van der Waals surface area (Å²) in [4.78, 5) is 4.34. The van der Waals surface area contributed by atoms with Crippen molar-refractivity contribution in [2.45, 2.75) is 76.0 Å². The first-order valence-electron chi connectivity index (χ1n) is 8.48. The van der Waals surface area contributed by atoms with Crippen LogP contribution in [0.25, 0.3) is 0 Å². The molecule has 4 nitrogen and oxygen atoms in total. The molecule has 1 saturated carbocycles. The number of hydrogen-bond donors (Lipinski definition) is 2. The molecule has 0 aromatic heterocycles. The Labute approximate surface area is 122 Å². The van der Waals surface area contributed by atoms with E-state index in [4.69, 9.17) is 4.74 Å². The van der Waals surface area contributed by atoms with Gasteiger partial charge in [0.05, 0.1) is 18.2 Å². The molecule has 0 amide bonds. The number of fused-ring (bicyclic) bond motifs is 2. The third kappa shape index (κ3) is 3.46. The molecule has 20 heavy (non-hydrogen) atoms. The number of aliphatic imine (C=N–C) groups is 1. The van der Waals surface area contributed by atoms with Gasteiger partial charge in [0.25, 0.3) is 0 Å². The Hall–Kier alpha value is -0.770. The summed E-state index contributed by atoms with van der Waals surface area (Å²) in [6.45, 7) is 1.04. The van der Waals surface area contributed by atoms with Crippen LogP contribution < -0.4 is 10.6 Å². The van der Waals surface area contributed by atoms with Crippen molar-refractivity contribution in [2.24, 2.45) is 10.9 Å². The second-order valence-electron chi connectivity index (χ2n) is 6.65. The highest BCUT2D eigenvalue weighted by molar-refractivity contribution is 5.80. The van der Waals surface area contributed by atoms with Gasteiger partial charge in [0, 0.05) is 13.6 Å². The Morgan fingerprint density at radius 1 is 1.20 bits per heavy atom. The second kappa shape index (κ2) is 6.79. The minimum Gasteiger partial charge on any atom is -0.373 e. The van der Waals surface area contributed by atoms with E-state index in [1.165, 1.54) is 51.4 Å². The lowest BCUT2D eigenvalue weighted by molar-refractivity contribution is 0.0992. The Kier molecular flexibility index (Phi) is 4.81. The predicted octanol–water partition coefficient (Wildman–Crippen LogP) is 2.44. The zero-order valence-electron chi connectivity index (χ0n) is 12.7. The van der Waals surface area contributed by atoms with Crippen molar-refractivity contribution >= 4 is 5.96 Å². The zero-order chi connectivity index (χ0) is 13.8. The maximum atomic E-state index is 5.88. The van der Waals surface area contributed by atoms with E-state index in [9.17, 15) is 0 Å². The summed E-state index contributed by atoms with van der Waals surface area (Å²) < 4.78 is 5.88. The third-order valence-electron chi connectivity index (χ3n) is 5.21. The monoisotopic (exact) mass is 279 g/mol. The minimum absolute atomic E-state index is 0.414. The molecule has 4 heteroatoms. The van der Waals surface area contributed by atoms with E-state index >= 15 is 0 Å². The summed E-state index contributed by atoms with van der Waals surface area (Å²) in [5.74, 6) is 1.95. The van der Waals surface area contributed by atoms with Crippen LogP contribution >= 0.6 is 0 Å². The summed E-state index contributed by atoms with van der Waals surface area (Å²) >= 11 is 0. The molecular weight excluding hydrogens is 250 g/mol. The van der Waals surface area contributed by atoms with Crippen LogP contribution in [0, 0.1) is 5.92 Å². The van der Waals surface area contributed by atoms with Crippen molar-refractivity contribution in [1.29, 1.82) is 0 Å². The highest BCUT2D eigenvalue weighted by atomic mass is 16.5. The van der Waals surface area contributed by atoms with Crippen molar-refractivity contribution in [3.8, 4) is 0 Å². The molecule has 3 atom stereocenters. The van der Waals surface area contributed by atoms with Gasteiger partial charge >= 0.3 is 0 Å².